The lowest BCUT2D eigenvalue weighted by Gasteiger charge is -2.26. The molecule has 0 unspecified atom stereocenters. The Kier molecular flexibility index (Phi) is 18.9. The third-order valence-electron chi connectivity index (χ3n) is 8.17. The first kappa shape index (κ1) is 45.7. The summed E-state index contributed by atoms with van der Waals surface area (Å²) in [6.45, 7) is 3.14. The Morgan fingerprint density at radius 3 is 1.82 bits per heavy atom. The predicted octanol–water partition coefficient (Wildman–Crippen LogP) is -1.59. The zero-order valence-corrected chi connectivity index (χ0v) is 31.7. The van der Waals surface area contributed by atoms with Crippen molar-refractivity contribution in [1.82, 2.24) is 31.9 Å². The minimum Gasteiger partial charge on any atom is -0.468 e. The summed E-state index contributed by atoms with van der Waals surface area (Å²) >= 11 is 5.95. The van der Waals surface area contributed by atoms with E-state index < -0.39 is 90.1 Å². The number of carbonyl (C=O) groups is 8. The number of amides is 6. The van der Waals surface area contributed by atoms with Crippen LogP contribution in [0.4, 0.5) is 0 Å². The topological polar surface area (TPSA) is 290 Å². The molecule has 0 aliphatic rings. The van der Waals surface area contributed by atoms with Crippen molar-refractivity contribution in [3.05, 3.63) is 59.1 Å². The summed E-state index contributed by atoms with van der Waals surface area (Å²) in [7, 11) is 1.10. The Bertz CT molecular complexity index is 1670. The van der Waals surface area contributed by atoms with E-state index in [0.29, 0.717) is 24.4 Å². The van der Waals surface area contributed by atoms with Crippen molar-refractivity contribution in [3.8, 4) is 11.1 Å². The molecule has 0 spiro atoms. The Hall–Kier alpha value is -5.43. The highest BCUT2D eigenvalue weighted by molar-refractivity contribution is 6.38. The Labute approximate surface area is 323 Å². The van der Waals surface area contributed by atoms with Gasteiger partial charge in [-0.2, -0.15) is 0 Å². The van der Waals surface area contributed by atoms with Gasteiger partial charge in [-0.15, -0.1) is 0 Å². The van der Waals surface area contributed by atoms with Gasteiger partial charge in [-0.3, -0.25) is 38.4 Å². The van der Waals surface area contributed by atoms with Crippen molar-refractivity contribution in [2.24, 2.45) is 11.5 Å². The van der Waals surface area contributed by atoms with Gasteiger partial charge in [0, 0.05) is 17.1 Å². The summed E-state index contributed by atoms with van der Waals surface area (Å²) in [6.07, 6.45) is -0.503. The van der Waals surface area contributed by atoms with Crippen LogP contribution in [-0.4, -0.2) is 115 Å². The van der Waals surface area contributed by atoms with Gasteiger partial charge in [-0.05, 0) is 82.0 Å². The Morgan fingerprint density at radius 1 is 0.709 bits per heavy atom. The molecule has 0 aliphatic heterocycles. The first-order chi connectivity index (χ1) is 26.0. The van der Waals surface area contributed by atoms with Crippen LogP contribution in [0.1, 0.15) is 50.4 Å². The summed E-state index contributed by atoms with van der Waals surface area (Å²) in [5, 5.41) is 25.1. The minimum absolute atomic E-state index is 0.0793. The minimum atomic E-state index is -1.59. The molecule has 0 fully saturated rings. The second-order valence-corrected chi connectivity index (χ2v) is 12.9. The number of methoxy groups -OCH3 is 1. The molecule has 0 radical (unpaired) electrons. The van der Waals surface area contributed by atoms with Crippen LogP contribution in [0.5, 0.6) is 0 Å². The summed E-state index contributed by atoms with van der Waals surface area (Å²) in [6, 6.07) is 6.91. The summed E-state index contributed by atoms with van der Waals surface area (Å²) < 4.78 is 4.40. The van der Waals surface area contributed by atoms with Crippen LogP contribution in [0, 0.1) is 0 Å². The molecule has 0 bridgehead atoms. The maximum absolute atomic E-state index is 13.2. The van der Waals surface area contributed by atoms with Crippen molar-refractivity contribution in [2.45, 2.75) is 76.3 Å². The summed E-state index contributed by atoms with van der Waals surface area (Å²) in [5.41, 5.74) is 13.3. The lowest BCUT2D eigenvalue weighted by molar-refractivity contribution is -0.144. The smallest absolute Gasteiger partial charge is 0.325 e. The highest BCUT2D eigenvalue weighted by Crippen LogP contribution is 2.22. The van der Waals surface area contributed by atoms with Crippen molar-refractivity contribution >= 4 is 58.8 Å². The number of hydrogen-bond acceptors (Lipinski definition) is 12. The number of esters is 1. The maximum atomic E-state index is 13.2. The lowest BCUT2D eigenvalue weighted by atomic mass is 10.0. The zero-order chi connectivity index (χ0) is 41.2. The third-order valence-corrected chi connectivity index (χ3v) is 8.43. The molecule has 2 rings (SSSR count). The summed E-state index contributed by atoms with van der Waals surface area (Å²) in [5.74, 6) is -7.11. The number of nitrogens with one attached hydrogen (secondary N) is 6. The van der Waals surface area contributed by atoms with Gasteiger partial charge < -0.3 is 53.2 Å². The maximum Gasteiger partial charge on any atom is 0.325 e. The van der Waals surface area contributed by atoms with Gasteiger partial charge in [-0.1, -0.05) is 35.9 Å². The number of halogens is 1. The van der Waals surface area contributed by atoms with Crippen LogP contribution in [0.2, 0.25) is 5.02 Å². The van der Waals surface area contributed by atoms with Gasteiger partial charge in [0.05, 0.1) is 19.3 Å². The highest BCUT2D eigenvalue weighted by Gasteiger charge is 2.33. The summed E-state index contributed by atoms with van der Waals surface area (Å²) in [4.78, 5) is 101. The van der Waals surface area contributed by atoms with Gasteiger partial charge in [0.2, 0.25) is 29.4 Å². The van der Waals surface area contributed by atoms with E-state index in [1.165, 1.54) is 20.8 Å². The van der Waals surface area contributed by atoms with Crippen LogP contribution < -0.4 is 43.4 Å². The number of unbranched alkanes of at least 4 members (excludes halogenated alkanes) is 1. The van der Waals surface area contributed by atoms with Crippen molar-refractivity contribution in [2.75, 3.05) is 26.7 Å². The van der Waals surface area contributed by atoms with Crippen molar-refractivity contribution in [1.29, 1.82) is 0 Å². The molecule has 2 aromatic rings. The van der Waals surface area contributed by atoms with Crippen LogP contribution in [-0.2, 0) is 38.3 Å². The highest BCUT2D eigenvalue weighted by atomic mass is 35.5. The molecule has 0 aromatic heterocycles. The van der Waals surface area contributed by atoms with Crippen molar-refractivity contribution < 1.29 is 48.2 Å². The van der Waals surface area contributed by atoms with Crippen LogP contribution >= 0.6 is 11.6 Å². The Balaban J connectivity index is 2.04. The molecular weight excluding hydrogens is 740 g/mol. The monoisotopic (exact) mass is 788 g/mol. The normalized spacial score (nSPS) is 14.0. The number of aliphatic hydroxyl groups is 1. The average Bonchev–Trinajstić information content (AvgIpc) is 3.16. The van der Waals surface area contributed by atoms with E-state index in [1.54, 1.807) is 36.4 Å². The number of rotatable bonds is 21. The van der Waals surface area contributed by atoms with E-state index in [0.717, 1.165) is 18.2 Å². The van der Waals surface area contributed by atoms with E-state index in [9.17, 15) is 43.5 Å². The number of ketones is 1. The molecule has 6 atom stereocenters. The Morgan fingerprint density at radius 2 is 1.27 bits per heavy atom. The SMILES string of the molecule is COC(=O)CNC(=O)C(=O)[C@H](C)NC(=O)[C@H](CCCCN)NC(=O)[C@H](C)NC(=O)[C@@H](NC(=O)[C@H](CN)NC(=O)c1ccc(-c2ccc(Cl)cc2)cc1)[C@@H](C)O. The average molecular weight is 789 g/mol. The van der Waals surface area contributed by atoms with Gasteiger partial charge in [0.15, 0.2) is 0 Å². The zero-order valence-electron chi connectivity index (χ0n) is 31.0. The number of Topliss-reactive ketones (excluding diaryl/α,β-unsaturated/α-hetero) is 1. The van der Waals surface area contributed by atoms with Gasteiger partial charge in [-0.25, -0.2) is 0 Å². The standard InChI is InChI=1S/C36H49ClN8O10/c1-19(30(48)36(54)40-18-28(47)55-4)41-33(51)26(7-5-6-16-38)43-31(49)20(2)42-35(53)29(21(3)46)45-34(52)27(17-39)44-32(50)24-10-8-22(9-11-24)23-12-14-25(37)15-13-23/h8-15,19-21,26-27,29,46H,5-7,16-18,38-39H2,1-4H3,(H,40,54)(H,41,51)(H,42,53)(H,43,49)(H,44,50)(H,45,52)/t19-,20-,21+,26-,27-,29-/m0/s1. The number of ether oxygens (including phenoxy) is 1. The van der Waals surface area contributed by atoms with Crippen LogP contribution in [0.25, 0.3) is 11.1 Å². The molecule has 18 nitrogen and oxygen atoms in total. The molecule has 0 aliphatic carbocycles. The second kappa shape index (κ2) is 22.7. The van der Waals surface area contributed by atoms with Crippen LogP contribution in [0.15, 0.2) is 48.5 Å². The van der Waals surface area contributed by atoms with Crippen molar-refractivity contribution in [3.63, 3.8) is 0 Å². The molecular formula is C36H49ClN8O10. The fourth-order valence-corrected chi connectivity index (χ4v) is 5.03. The van der Waals surface area contributed by atoms with E-state index in [2.05, 4.69) is 36.6 Å². The number of benzene rings is 2. The number of nitrogens with two attached hydrogens (primary N) is 2. The largest absolute Gasteiger partial charge is 0.468 e. The number of hydrogen-bond donors (Lipinski definition) is 9. The molecule has 0 heterocycles. The van der Waals surface area contributed by atoms with E-state index in [1.807, 2.05) is 12.1 Å². The second-order valence-electron chi connectivity index (χ2n) is 12.5. The molecule has 300 valence electrons. The molecule has 0 saturated carbocycles. The molecule has 6 amide bonds. The first-order valence-corrected chi connectivity index (χ1v) is 17.8. The molecule has 55 heavy (non-hydrogen) atoms. The quantitative estimate of drug-likeness (QED) is 0.0393. The third kappa shape index (κ3) is 14.7. The van der Waals surface area contributed by atoms with Gasteiger partial charge in [0.1, 0.15) is 30.7 Å². The first-order valence-electron chi connectivity index (χ1n) is 17.4. The van der Waals surface area contributed by atoms with E-state index in [4.69, 9.17) is 23.1 Å². The number of carbonyl (C=O) groups excluding carboxylic acids is 8. The van der Waals surface area contributed by atoms with Gasteiger partial charge >= 0.3 is 5.97 Å². The number of aliphatic hydroxyl groups excluding tert-OH is 1. The van der Waals surface area contributed by atoms with E-state index in [-0.39, 0.29) is 18.5 Å². The lowest BCUT2D eigenvalue weighted by Crippen LogP contribution is -2.61. The predicted molar refractivity (Wildman–Crippen MR) is 201 cm³/mol. The fourth-order valence-electron chi connectivity index (χ4n) is 4.90. The molecule has 19 heteroatoms. The molecule has 0 saturated heterocycles. The fraction of sp³-hybridized carbons (Fsp3) is 0.444. The van der Waals surface area contributed by atoms with E-state index >= 15 is 0 Å². The van der Waals surface area contributed by atoms with Gasteiger partial charge in [0.25, 0.3) is 11.8 Å². The molecule has 2 aromatic carbocycles. The molecule has 11 N–H and O–H groups in total. The van der Waals surface area contributed by atoms with Crippen LogP contribution in [0.3, 0.4) is 0 Å².